The van der Waals surface area contributed by atoms with Gasteiger partial charge in [0.15, 0.2) is 0 Å². The number of hydrogen-bond donors (Lipinski definition) is 1. The van der Waals surface area contributed by atoms with Gasteiger partial charge in [-0.3, -0.25) is 9.59 Å². The van der Waals surface area contributed by atoms with Crippen molar-refractivity contribution >= 4 is 17.5 Å². The summed E-state index contributed by atoms with van der Waals surface area (Å²) in [5, 5.41) is 2.90. The zero-order chi connectivity index (χ0) is 19.8. The van der Waals surface area contributed by atoms with Crippen molar-refractivity contribution in [3.8, 4) is 5.75 Å². The number of amides is 2. The predicted octanol–water partition coefficient (Wildman–Crippen LogP) is 4.19. The van der Waals surface area contributed by atoms with Crippen LogP contribution < -0.4 is 10.1 Å². The average Bonchev–Trinajstić information content (AvgIpc) is 2.65. The molecule has 0 bridgehead atoms. The van der Waals surface area contributed by atoms with Crippen LogP contribution in [0.4, 0.5) is 5.69 Å². The molecule has 2 aromatic rings. The third-order valence-electron chi connectivity index (χ3n) is 4.34. The van der Waals surface area contributed by atoms with Crippen molar-refractivity contribution < 1.29 is 14.3 Å². The molecular weight excluding hydrogens is 340 g/mol. The van der Waals surface area contributed by atoms with Crippen molar-refractivity contribution in [3.05, 3.63) is 59.2 Å². The molecule has 2 amide bonds. The molecule has 2 aromatic carbocycles. The first kappa shape index (κ1) is 20.5. The van der Waals surface area contributed by atoms with E-state index in [1.165, 1.54) is 4.90 Å². The first-order valence-corrected chi connectivity index (χ1v) is 9.26. The number of benzene rings is 2. The molecule has 5 nitrogen and oxygen atoms in total. The highest BCUT2D eigenvalue weighted by molar-refractivity contribution is 5.99. The van der Waals surface area contributed by atoms with Gasteiger partial charge in [-0.25, -0.2) is 0 Å². The van der Waals surface area contributed by atoms with E-state index in [1.807, 2.05) is 32.0 Å². The maximum absolute atomic E-state index is 12.5. The molecule has 0 spiro atoms. The van der Waals surface area contributed by atoms with E-state index >= 15 is 0 Å². The summed E-state index contributed by atoms with van der Waals surface area (Å²) >= 11 is 0. The van der Waals surface area contributed by atoms with Crippen molar-refractivity contribution in [3.63, 3.8) is 0 Å². The van der Waals surface area contributed by atoms with Gasteiger partial charge in [0.1, 0.15) is 5.75 Å². The van der Waals surface area contributed by atoms with Gasteiger partial charge < -0.3 is 15.0 Å². The number of rotatable bonds is 8. The summed E-state index contributed by atoms with van der Waals surface area (Å²) < 4.78 is 5.61. The number of ether oxygens (including phenoxy) is 1. The Balaban J connectivity index is 1.93. The largest absolute Gasteiger partial charge is 0.494 e. The van der Waals surface area contributed by atoms with E-state index in [0.29, 0.717) is 12.2 Å². The van der Waals surface area contributed by atoms with Crippen LogP contribution in [0.5, 0.6) is 5.75 Å². The molecule has 1 N–H and O–H groups in total. The number of unbranched alkanes of at least 4 members (excludes halogenated alkanes) is 1. The van der Waals surface area contributed by atoms with Crippen LogP contribution >= 0.6 is 0 Å². The first-order chi connectivity index (χ1) is 12.9. The number of likely N-dealkylation sites (N-methyl/N-ethyl adjacent to an activating group) is 1. The van der Waals surface area contributed by atoms with E-state index in [9.17, 15) is 9.59 Å². The Kier molecular flexibility index (Phi) is 7.41. The Morgan fingerprint density at radius 2 is 1.67 bits per heavy atom. The molecule has 5 heteroatoms. The van der Waals surface area contributed by atoms with E-state index in [0.717, 1.165) is 35.4 Å². The van der Waals surface area contributed by atoms with Crippen LogP contribution in [-0.4, -0.2) is 36.9 Å². The normalized spacial score (nSPS) is 10.4. The van der Waals surface area contributed by atoms with E-state index < -0.39 is 0 Å². The van der Waals surface area contributed by atoms with Gasteiger partial charge in [-0.15, -0.1) is 0 Å². The van der Waals surface area contributed by atoms with Crippen LogP contribution in [0.1, 0.15) is 41.3 Å². The van der Waals surface area contributed by atoms with Gasteiger partial charge >= 0.3 is 0 Å². The van der Waals surface area contributed by atoms with Gasteiger partial charge in [0.2, 0.25) is 5.91 Å². The second-order valence-electron chi connectivity index (χ2n) is 6.70. The third-order valence-corrected chi connectivity index (χ3v) is 4.34. The van der Waals surface area contributed by atoms with Gasteiger partial charge in [0, 0.05) is 18.3 Å². The number of nitrogens with zero attached hydrogens (tertiary/aromatic N) is 1. The Hall–Kier alpha value is -2.82. The van der Waals surface area contributed by atoms with Crippen molar-refractivity contribution in [1.29, 1.82) is 0 Å². The SMILES string of the molecule is CCCCOc1ccc(C(=O)N(C)CC(=O)Nc2c(C)cccc2C)cc1. The van der Waals surface area contributed by atoms with Gasteiger partial charge in [-0.05, 0) is 55.7 Å². The Morgan fingerprint density at radius 1 is 1.04 bits per heavy atom. The highest BCUT2D eigenvalue weighted by Crippen LogP contribution is 2.19. The molecule has 144 valence electrons. The minimum absolute atomic E-state index is 0.0125. The highest BCUT2D eigenvalue weighted by Gasteiger charge is 2.16. The summed E-state index contributed by atoms with van der Waals surface area (Å²) in [5.74, 6) is 0.324. The van der Waals surface area contributed by atoms with Crippen molar-refractivity contribution in [2.24, 2.45) is 0 Å². The molecule has 0 aliphatic heterocycles. The third kappa shape index (κ3) is 5.84. The standard InChI is InChI=1S/C22H28N2O3/c1-5-6-14-27-19-12-10-18(11-13-19)22(26)24(4)15-20(25)23-21-16(2)8-7-9-17(21)3/h7-13H,5-6,14-15H2,1-4H3,(H,23,25). The molecule has 0 unspecified atom stereocenters. The van der Waals surface area contributed by atoms with E-state index in [2.05, 4.69) is 12.2 Å². The number of anilines is 1. The lowest BCUT2D eigenvalue weighted by Gasteiger charge is -2.18. The molecule has 0 atom stereocenters. The lowest BCUT2D eigenvalue weighted by atomic mass is 10.1. The van der Waals surface area contributed by atoms with Gasteiger partial charge in [-0.1, -0.05) is 31.5 Å². The minimum Gasteiger partial charge on any atom is -0.494 e. The first-order valence-electron chi connectivity index (χ1n) is 9.26. The molecule has 0 saturated carbocycles. The highest BCUT2D eigenvalue weighted by atomic mass is 16.5. The summed E-state index contributed by atoms with van der Waals surface area (Å²) in [7, 11) is 1.62. The maximum Gasteiger partial charge on any atom is 0.254 e. The van der Waals surface area contributed by atoms with Gasteiger partial charge in [-0.2, -0.15) is 0 Å². The molecule has 0 fully saturated rings. The number of para-hydroxylation sites is 1. The smallest absolute Gasteiger partial charge is 0.254 e. The second kappa shape index (κ2) is 9.76. The molecule has 27 heavy (non-hydrogen) atoms. The van der Waals surface area contributed by atoms with Gasteiger partial charge in [0.25, 0.3) is 5.91 Å². The fraction of sp³-hybridized carbons (Fsp3) is 0.364. The number of hydrogen-bond acceptors (Lipinski definition) is 3. The number of carbonyl (C=O) groups excluding carboxylic acids is 2. The summed E-state index contributed by atoms with van der Waals surface area (Å²) in [6.45, 7) is 6.66. The Bertz CT molecular complexity index is 764. The molecule has 0 aliphatic carbocycles. The summed E-state index contributed by atoms with van der Waals surface area (Å²) in [5.41, 5.74) is 3.32. The second-order valence-corrected chi connectivity index (χ2v) is 6.70. The zero-order valence-corrected chi connectivity index (χ0v) is 16.5. The van der Waals surface area contributed by atoms with Crippen LogP contribution in [0.25, 0.3) is 0 Å². The molecule has 0 aromatic heterocycles. The van der Waals surface area contributed by atoms with Crippen LogP contribution in [0, 0.1) is 13.8 Å². The number of aryl methyl sites for hydroxylation is 2. The van der Waals surface area contributed by atoms with Crippen molar-refractivity contribution in [1.82, 2.24) is 4.90 Å². The quantitative estimate of drug-likeness (QED) is 0.711. The predicted molar refractivity (Wildman–Crippen MR) is 108 cm³/mol. The number of carbonyl (C=O) groups is 2. The summed E-state index contributed by atoms with van der Waals surface area (Å²) in [6.07, 6.45) is 2.07. The van der Waals surface area contributed by atoms with Crippen LogP contribution in [0.15, 0.2) is 42.5 Å². The molecule has 0 aliphatic rings. The minimum atomic E-state index is -0.220. The maximum atomic E-state index is 12.5. The van der Waals surface area contributed by atoms with E-state index in [-0.39, 0.29) is 18.4 Å². The van der Waals surface area contributed by atoms with Crippen LogP contribution in [0.3, 0.4) is 0 Å². The topological polar surface area (TPSA) is 58.6 Å². The number of nitrogens with one attached hydrogen (secondary N) is 1. The van der Waals surface area contributed by atoms with Crippen LogP contribution in [0.2, 0.25) is 0 Å². The molecular formula is C22H28N2O3. The monoisotopic (exact) mass is 368 g/mol. The summed E-state index contributed by atoms with van der Waals surface area (Å²) in [6, 6.07) is 12.9. The van der Waals surface area contributed by atoms with E-state index in [4.69, 9.17) is 4.74 Å². The molecule has 2 rings (SSSR count). The Morgan fingerprint density at radius 3 is 2.26 bits per heavy atom. The fourth-order valence-corrected chi connectivity index (χ4v) is 2.73. The fourth-order valence-electron chi connectivity index (χ4n) is 2.73. The molecule has 0 saturated heterocycles. The average molecular weight is 368 g/mol. The van der Waals surface area contributed by atoms with Crippen molar-refractivity contribution in [2.75, 3.05) is 25.5 Å². The molecule has 0 radical (unpaired) electrons. The van der Waals surface area contributed by atoms with E-state index in [1.54, 1.807) is 31.3 Å². The molecule has 0 heterocycles. The zero-order valence-electron chi connectivity index (χ0n) is 16.5. The van der Waals surface area contributed by atoms with Crippen molar-refractivity contribution in [2.45, 2.75) is 33.6 Å². The Labute approximate surface area is 161 Å². The van der Waals surface area contributed by atoms with Crippen LogP contribution in [-0.2, 0) is 4.79 Å². The lowest BCUT2D eigenvalue weighted by molar-refractivity contribution is -0.116. The lowest BCUT2D eigenvalue weighted by Crippen LogP contribution is -2.35. The summed E-state index contributed by atoms with van der Waals surface area (Å²) in [4.78, 5) is 26.3. The van der Waals surface area contributed by atoms with Gasteiger partial charge in [0.05, 0.1) is 13.2 Å².